The smallest absolute Gasteiger partial charge is 0.550 e. The molecule has 0 aliphatic heterocycles. The summed E-state index contributed by atoms with van der Waals surface area (Å²) in [4.78, 5) is 23.3. The average Bonchev–Trinajstić information content (AvgIpc) is 2.65. The molecule has 0 spiro atoms. The van der Waals surface area contributed by atoms with Gasteiger partial charge in [0.1, 0.15) is 0 Å². The molecule has 0 aromatic carbocycles. The molecule has 0 bridgehead atoms. The molecule has 0 aromatic heterocycles. The van der Waals surface area contributed by atoms with Crippen molar-refractivity contribution < 1.29 is 66.3 Å². The Hall–Kier alpha value is 0.0800. The summed E-state index contributed by atoms with van der Waals surface area (Å²) in [6.45, 7) is 8.00. The number of carboxylic acids is 1. The molecule has 0 aromatic rings. The Morgan fingerprint density at radius 1 is 0.968 bits per heavy atom. The summed E-state index contributed by atoms with van der Waals surface area (Å²) >= 11 is 0. The van der Waals surface area contributed by atoms with Crippen molar-refractivity contribution >= 4 is 29.4 Å². The van der Waals surface area contributed by atoms with E-state index in [-0.39, 0.29) is 53.7 Å². The summed E-state index contributed by atoms with van der Waals surface area (Å²) in [5, 5.41) is 8.50. The largest absolute Gasteiger partial charge is 1.00 e. The second kappa shape index (κ2) is 16.7. The molecule has 1 N–H and O–H groups in total. The van der Waals surface area contributed by atoms with Crippen molar-refractivity contribution in [1.82, 2.24) is 0 Å². The van der Waals surface area contributed by atoms with Crippen LogP contribution >= 0.6 is 7.37 Å². The maximum absolute atomic E-state index is 13.7. The maximum atomic E-state index is 13.7. The van der Waals surface area contributed by atoms with Gasteiger partial charge in [0.05, 0.1) is 0 Å². The van der Waals surface area contributed by atoms with E-state index in [1.807, 2.05) is 27.7 Å². The van der Waals surface area contributed by atoms with Gasteiger partial charge in [0, 0.05) is 24.7 Å². The van der Waals surface area contributed by atoms with Crippen LogP contribution < -0.4 is 34.7 Å². The van der Waals surface area contributed by atoms with E-state index in [0.717, 1.165) is 51.4 Å². The molecule has 0 aliphatic rings. The Morgan fingerprint density at radius 2 is 1.39 bits per heavy atom. The zero-order chi connectivity index (χ0) is 23.4. The number of hydrogen-bond acceptors (Lipinski definition) is 7. The number of aliphatic carboxylic acids is 1. The van der Waals surface area contributed by atoms with Crippen LogP contribution in [0.25, 0.3) is 0 Å². The SMILES string of the molecule is CCCCC(CC)CP(=O)(CC(CC)CCCC)OC(=O)C(CC(=O)[O-])S(=O)(=O)O.[Na+]. The maximum Gasteiger partial charge on any atom is 1.00 e. The van der Waals surface area contributed by atoms with Gasteiger partial charge in [-0.2, -0.15) is 8.42 Å². The van der Waals surface area contributed by atoms with Crippen molar-refractivity contribution in [3.8, 4) is 0 Å². The molecule has 0 rings (SSSR count). The third kappa shape index (κ3) is 14.1. The first-order valence-corrected chi connectivity index (χ1v) is 14.4. The fourth-order valence-corrected chi connectivity index (χ4v) is 7.37. The van der Waals surface area contributed by atoms with E-state index in [2.05, 4.69) is 0 Å². The van der Waals surface area contributed by atoms with E-state index in [9.17, 15) is 32.2 Å². The molecule has 0 fully saturated rings. The Bertz CT molecular complexity index is 661. The standard InChI is InChI=1S/C20H39O8PS.Na/c1-5-9-11-16(7-3)14-29(24,15-17(8-4)12-10-6-2)28-20(23)18(13-19(21)22)30(25,26)27;/h16-18H,5-15H2,1-4H3,(H,21,22)(H,25,26,27);/q;+1/p-1. The Morgan fingerprint density at radius 3 is 1.68 bits per heavy atom. The minimum Gasteiger partial charge on any atom is -0.550 e. The van der Waals surface area contributed by atoms with E-state index in [1.165, 1.54) is 0 Å². The van der Waals surface area contributed by atoms with Gasteiger partial charge in [-0.3, -0.25) is 13.9 Å². The summed E-state index contributed by atoms with van der Waals surface area (Å²) in [6, 6.07) is 0. The van der Waals surface area contributed by atoms with Crippen molar-refractivity contribution in [2.75, 3.05) is 12.3 Å². The zero-order valence-corrected chi connectivity index (χ0v) is 23.4. The number of carboxylic acid groups (broad SMARTS) is 1. The topological polar surface area (TPSA) is 138 Å². The molecule has 8 nitrogen and oxygen atoms in total. The van der Waals surface area contributed by atoms with Crippen molar-refractivity contribution in [1.29, 1.82) is 0 Å². The summed E-state index contributed by atoms with van der Waals surface area (Å²) in [7, 11) is -8.65. The van der Waals surface area contributed by atoms with Crippen LogP contribution in [0.4, 0.5) is 0 Å². The molecule has 0 radical (unpaired) electrons. The molecule has 178 valence electrons. The summed E-state index contributed by atoms with van der Waals surface area (Å²) in [5.74, 6) is -3.23. The first-order valence-electron chi connectivity index (χ1n) is 10.9. The van der Waals surface area contributed by atoms with E-state index >= 15 is 0 Å². The number of rotatable bonds is 17. The van der Waals surface area contributed by atoms with E-state index in [1.54, 1.807) is 0 Å². The van der Waals surface area contributed by atoms with Crippen molar-refractivity contribution in [2.45, 2.75) is 90.7 Å². The van der Waals surface area contributed by atoms with Crippen LogP contribution in [0.1, 0.15) is 85.5 Å². The predicted molar refractivity (Wildman–Crippen MR) is 115 cm³/mol. The van der Waals surface area contributed by atoms with Gasteiger partial charge >= 0.3 is 35.5 Å². The van der Waals surface area contributed by atoms with Crippen LogP contribution in [0.15, 0.2) is 0 Å². The summed E-state index contributed by atoms with van der Waals surface area (Å²) in [5.41, 5.74) is 0. The Kier molecular flexibility index (Phi) is 17.9. The minimum absolute atomic E-state index is 0. The van der Waals surface area contributed by atoms with Crippen molar-refractivity contribution in [2.24, 2.45) is 11.8 Å². The molecular formula is C20H38NaO8PS. The number of carbonyl (C=O) groups is 2. The van der Waals surface area contributed by atoms with Gasteiger partial charge in [0.2, 0.25) is 0 Å². The van der Waals surface area contributed by atoms with Gasteiger partial charge in [0.25, 0.3) is 17.5 Å². The second-order valence-electron chi connectivity index (χ2n) is 8.00. The molecule has 11 heteroatoms. The molecule has 3 atom stereocenters. The van der Waals surface area contributed by atoms with Crippen LogP contribution in [0.2, 0.25) is 0 Å². The van der Waals surface area contributed by atoms with Crippen LogP contribution in [0, 0.1) is 11.8 Å². The van der Waals surface area contributed by atoms with E-state index < -0.39 is 41.1 Å². The van der Waals surface area contributed by atoms with Crippen LogP contribution in [0.3, 0.4) is 0 Å². The molecule has 0 saturated heterocycles. The fraction of sp³-hybridized carbons (Fsp3) is 0.900. The molecule has 0 amide bonds. The summed E-state index contributed by atoms with van der Waals surface area (Å²) < 4.78 is 51.2. The molecular weight excluding hydrogens is 454 g/mol. The zero-order valence-electron chi connectivity index (χ0n) is 19.7. The van der Waals surface area contributed by atoms with Gasteiger partial charge in [0.15, 0.2) is 5.25 Å². The summed E-state index contributed by atoms with van der Waals surface area (Å²) in [6.07, 6.45) is 5.86. The predicted octanol–water partition coefficient (Wildman–Crippen LogP) is 0.641. The van der Waals surface area contributed by atoms with Gasteiger partial charge in [-0.25, -0.2) is 0 Å². The van der Waals surface area contributed by atoms with Crippen molar-refractivity contribution in [3.05, 3.63) is 0 Å². The van der Waals surface area contributed by atoms with Crippen LogP contribution in [-0.4, -0.2) is 42.5 Å². The molecule has 0 aliphatic carbocycles. The third-order valence-electron chi connectivity index (χ3n) is 5.39. The van der Waals surface area contributed by atoms with Crippen LogP contribution in [-0.2, 0) is 28.8 Å². The third-order valence-corrected chi connectivity index (χ3v) is 9.13. The Labute approximate surface area is 209 Å². The molecule has 31 heavy (non-hydrogen) atoms. The normalized spacial score (nSPS) is 16.4. The van der Waals surface area contributed by atoms with Gasteiger partial charge in [-0.1, -0.05) is 66.2 Å². The van der Waals surface area contributed by atoms with Gasteiger partial charge < -0.3 is 14.4 Å². The minimum atomic E-state index is -5.04. The van der Waals surface area contributed by atoms with Crippen LogP contribution in [0.5, 0.6) is 0 Å². The first kappa shape index (κ1) is 33.3. The first-order chi connectivity index (χ1) is 13.9. The number of unbranched alkanes of at least 4 members (excludes halogenated alkanes) is 2. The van der Waals surface area contributed by atoms with E-state index in [0.29, 0.717) is 0 Å². The van der Waals surface area contributed by atoms with E-state index in [4.69, 9.17) is 4.52 Å². The molecule has 0 heterocycles. The molecule has 0 saturated carbocycles. The van der Waals surface area contributed by atoms with Gasteiger partial charge in [-0.05, 0) is 24.7 Å². The second-order valence-corrected chi connectivity index (χ2v) is 12.1. The number of hydrogen-bond donors (Lipinski definition) is 1. The quantitative estimate of drug-likeness (QED) is 0.177. The Balaban J connectivity index is 0. The number of carbonyl (C=O) groups excluding carboxylic acids is 2. The fourth-order valence-electron chi connectivity index (χ4n) is 3.45. The average molecular weight is 493 g/mol. The van der Waals surface area contributed by atoms with Crippen molar-refractivity contribution in [3.63, 3.8) is 0 Å². The monoisotopic (exact) mass is 492 g/mol. The van der Waals surface area contributed by atoms with Gasteiger partial charge in [-0.15, -0.1) is 0 Å². The molecule has 3 unspecified atom stereocenters.